The lowest BCUT2D eigenvalue weighted by Gasteiger charge is -2.37. The third kappa shape index (κ3) is 3.16. The zero-order valence-corrected chi connectivity index (χ0v) is 18.0. The molecule has 1 aromatic rings. The minimum absolute atomic E-state index is 0.00406. The number of aromatic nitrogens is 1. The van der Waals surface area contributed by atoms with Crippen LogP contribution in [0.4, 0.5) is 0 Å². The van der Waals surface area contributed by atoms with Gasteiger partial charge in [-0.1, -0.05) is 18.6 Å². The van der Waals surface area contributed by atoms with E-state index in [-0.39, 0.29) is 53.8 Å². The van der Waals surface area contributed by atoms with Crippen LogP contribution >= 0.6 is 0 Å². The van der Waals surface area contributed by atoms with Gasteiger partial charge in [-0.2, -0.15) is 0 Å². The maximum atomic E-state index is 13.5. The van der Waals surface area contributed by atoms with Crippen molar-refractivity contribution in [2.24, 2.45) is 17.8 Å². The molecule has 2 amide bonds. The number of allylic oxidation sites excluding steroid dienone is 1. The highest BCUT2D eigenvalue weighted by Crippen LogP contribution is 2.50. The van der Waals surface area contributed by atoms with Crippen molar-refractivity contribution >= 4 is 17.9 Å². The fourth-order valence-electron chi connectivity index (χ4n) is 5.76. The highest BCUT2D eigenvalue weighted by molar-refractivity contribution is 5.90. The second-order valence-electron chi connectivity index (χ2n) is 9.54. The molecule has 7 heteroatoms. The third-order valence-corrected chi connectivity index (χ3v) is 7.88. The van der Waals surface area contributed by atoms with Crippen molar-refractivity contribution in [3.63, 3.8) is 0 Å². The number of aliphatic hydroxyl groups is 1. The first kappa shape index (κ1) is 20.5. The number of nitrogens with one attached hydrogen (secondary N) is 1. The molecule has 0 unspecified atom stereocenters. The zero-order chi connectivity index (χ0) is 21.7. The summed E-state index contributed by atoms with van der Waals surface area (Å²) in [6.45, 7) is 2.12. The van der Waals surface area contributed by atoms with Crippen molar-refractivity contribution < 1.29 is 14.7 Å². The zero-order valence-electron chi connectivity index (χ0n) is 18.0. The summed E-state index contributed by atoms with van der Waals surface area (Å²) in [6.07, 6.45) is 9.40. The number of hydrogen-bond donors (Lipinski definition) is 2. The molecular weight excluding hydrogens is 394 g/mol. The Hall–Kier alpha value is -2.41. The van der Waals surface area contributed by atoms with Gasteiger partial charge in [0.1, 0.15) is 6.04 Å². The van der Waals surface area contributed by atoms with E-state index < -0.39 is 6.04 Å². The summed E-state index contributed by atoms with van der Waals surface area (Å²) in [7, 11) is 0. The molecule has 4 atom stereocenters. The lowest BCUT2D eigenvalue weighted by atomic mass is 9.83. The Kier molecular flexibility index (Phi) is 5.24. The van der Waals surface area contributed by atoms with Crippen LogP contribution in [0.25, 0.3) is 6.08 Å². The van der Waals surface area contributed by atoms with Crippen molar-refractivity contribution in [1.29, 1.82) is 0 Å². The summed E-state index contributed by atoms with van der Waals surface area (Å²) in [5.74, 6) is -0.715. The summed E-state index contributed by atoms with van der Waals surface area (Å²) in [6, 6.07) is 2.88. The van der Waals surface area contributed by atoms with Gasteiger partial charge in [-0.05, 0) is 51.2 Å². The van der Waals surface area contributed by atoms with E-state index in [1.165, 1.54) is 0 Å². The van der Waals surface area contributed by atoms with Crippen LogP contribution in [-0.2, 0) is 16.1 Å². The van der Waals surface area contributed by atoms with Gasteiger partial charge in [0.15, 0.2) is 0 Å². The standard InChI is InChI=1S/C24H31N3O4/c1-2-5-14-10-11-19-20-17(12-26(19)23(14)30)18(13-28)21(22(29)25-16-8-4-9-16)27(20)24(31)15-6-3-7-15/h2,5,10-11,15-18,20-21,28H,3-4,6-9,12-13H2,1H3,(H,25,29)/b5-2-/t17-,18-,20+,21-/m0/s1. The maximum Gasteiger partial charge on any atom is 0.258 e. The highest BCUT2D eigenvalue weighted by Gasteiger charge is 2.58. The van der Waals surface area contributed by atoms with E-state index in [2.05, 4.69) is 5.32 Å². The summed E-state index contributed by atoms with van der Waals surface area (Å²) < 4.78 is 1.74. The van der Waals surface area contributed by atoms with Gasteiger partial charge in [0.25, 0.3) is 5.56 Å². The highest BCUT2D eigenvalue weighted by atomic mass is 16.3. The van der Waals surface area contributed by atoms with E-state index in [1.54, 1.807) is 21.6 Å². The molecule has 0 aromatic carbocycles. The number of carbonyl (C=O) groups excluding carboxylic acids is 2. The van der Waals surface area contributed by atoms with E-state index in [0.717, 1.165) is 44.2 Å². The maximum absolute atomic E-state index is 13.5. The van der Waals surface area contributed by atoms with E-state index in [0.29, 0.717) is 12.1 Å². The number of amides is 2. The molecule has 4 aliphatic rings. The van der Waals surface area contributed by atoms with Gasteiger partial charge in [-0.15, -0.1) is 0 Å². The Labute approximate surface area is 182 Å². The molecule has 0 bridgehead atoms. The molecule has 5 rings (SSSR count). The number of aliphatic hydroxyl groups excluding tert-OH is 1. The molecule has 3 heterocycles. The van der Waals surface area contributed by atoms with Crippen LogP contribution < -0.4 is 10.9 Å². The number of rotatable bonds is 5. The first-order valence-electron chi connectivity index (χ1n) is 11.6. The average Bonchev–Trinajstić information content (AvgIpc) is 3.20. The van der Waals surface area contributed by atoms with Gasteiger partial charge in [-0.25, -0.2) is 0 Å². The van der Waals surface area contributed by atoms with Crippen LogP contribution in [0.15, 0.2) is 23.0 Å². The fraction of sp³-hybridized carbons (Fsp3) is 0.625. The SMILES string of the molecule is C/C=C\c1ccc2n(c1=O)C[C@H]1[C@H](CO)[C@@H](C(=O)NC3CCC3)N(C(=O)C3CCC3)[C@@H]21. The Morgan fingerprint density at radius 1 is 1.19 bits per heavy atom. The van der Waals surface area contributed by atoms with Gasteiger partial charge in [0.2, 0.25) is 11.8 Å². The molecule has 2 aliphatic heterocycles. The molecule has 7 nitrogen and oxygen atoms in total. The van der Waals surface area contributed by atoms with E-state index >= 15 is 0 Å². The van der Waals surface area contributed by atoms with E-state index in [9.17, 15) is 19.5 Å². The van der Waals surface area contributed by atoms with Crippen LogP contribution in [0, 0.1) is 17.8 Å². The van der Waals surface area contributed by atoms with Crippen molar-refractivity contribution in [2.45, 2.75) is 70.1 Å². The van der Waals surface area contributed by atoms with Crippen LogP contribution in [0.2, 0.25) is 0 Å². The van der Waals surface area contributed by atoms with Gasteiger partial charge in [0, 0.05) is 48.2 Å². The Bertz CT molecular complexity index is 976. The summed E-state index contributed by atoms with van der Waals surface area (Å²) in [5, 5.41) is 13.4. The number of nitrogens with zero attached hydrogens (tertiary/aromatic N) is 2. The van der Waals surface area contributed by atoms with E-state index in [1.807, 2.05) is 19.1 Å². The van der Waals surface area contributed by atoms with Crippen LogP contribution in [0.1, 0.15) is 62.7 Å². The number of fused-ring (bicyclic) bond motifs is 3. The quantitative estimate of drug-likeness (QED) is 0.753. The van der Waals surface area contributed by atoms with Crippen LogP contribution in [0.5, 0.6) is 0 Å². The molecule has 2 N–H and O–H groups in total. The van der Waals surface area contributed by atoms with Gasteiger partial charge >= 0.3 is 0 Å². The lowest BCUT2D eigenvalue weighted by Crippen LogP contribution is -2.55. The largest absolute Gasteiger partial charge is 0.396 e. The number of pyridine rings is 1. The molecule has 2 aliphatic carbocycles. The first-order chi connectivity index (χ1) is 15.0. The molecule has 0 radical (unpaired) electrons. The Balaban J connectivity index is 1.55. The first-order valence-corrected chi connectivity index (χ1v) is 11.6. The van der Waals surface area contributed by atoms with Crippen LogP contribution in [-0.4, -0.2) is 45.1 Å². The Morgan fingerprint density at radius 3 is 2.52 bits per heavy atom. The summed E-state index contributed by atoms with van der Waals surface area (Å²) in [4.78, 5) is 41.6. The molecule has 0 spiro atoms. The fourth-order valence-corrected chi connectivity index (χ4v) is 5.76. The predicted molar refractivity (Wildman–Crippen MR) is 116 cm³/mol. The lowest BCUT2D eigenvalue weighted by molar-refractivity contribution is -0.147. The molecule has 31 heavy (non-hydrogen) atoms. The molecule has 2 saturated carbocycles. The van der Waals surface area contributed by atoms with Gasteiger partial charge in [0.05, 0.1) is 6.04 Å². The monoisotopic (exact) mass is 425 g/mol. The Morgan fingerprint density at radius 2 is 1.94 bits per heavy atom. The third-order valence-electron chi connectivity index (χ3n) is 7.88. The van der Waals surface area contributed by atoms with Crippen molar-refractivity contribution in [2.75, 3.05) is 6.61 Å². The summed E-state index contributed by atoms with van der Waals surface area (Å²) in [5.41, 5.74) is 1.32. The van der Waals surface area contributed by atoms with Crippen molar-refractivity contribution in [3.8, 4) is 0 Å². The molecule has 3 fully saturated rings. The number of hydrogen-bond acceptors (Lipinski definition) is 4. The predicted octanol–water partition coefficient (Wildman–Crippen LogP) is 1.84. The minimum atomic E-state index is -0.673. The topological polar surface area (TPSA) is 91.6 Å². The smallest absolute Gasteiger partial charge is 0.258 e. The minimum Gasteiger partial charge on any atom is -0.396 e. The summed E-state index contributed by atoms with van der Waals surface area (Å²) >= 11 is 0. The van der Waals surface area contributed by atoms with Crippen LogP contribution in [0.3, 0.4) is 0 Å². The normalized spacial score (nSPS) is 30.1. The molecular formula is C24H31N3O4. The second-order valence-corrected chi connectivity index (χ2v) is 9.54. The second kappa shape index (κ2) is 7.93. The van der Waals surface area contributed by atoms with Crippen molar-refractivity contribution in [1.82, 2.24) is 14.8 Å². The number of likely N-dealkylation sites (tertiary alicyclic amines) is 1. The van der Waals surface area contributed by atoms with E-state index in [4.69, 9.17) is 0 Å². The van der Waals surface area contributed by atoms with Gasteiger partial charge in [-0.3, -0.25) is 14.4 Å². The molecule has 1 aromatic heterocycles. The average molecular weight is 426 g/mol. The van der Waals surface area contributed by atoms with Gasteiger partial charge < -0.3 is 19.9 Å². The van der Waals surface area contributed by atoms with Crippen molar-refractivity contribution in [3.05, 3.63) is 39.8 Å². The molecule has 166 valence electrons. The number of carbonyl (C=O) groups is 2. The molecule has 1 saturated heterocycles.